The van der Waals surface area contributed by atoms with Crippen molar-refractivity contribution in [2.24, 2.45) is 0 Å². The van der Waals surface area contributed by atoms with Gasteiger partial charge in [0.1, 0.15) is 22.9 Å². The van der Waals surface area contributed by atoms with Crippen LogP contribution in [0.2, 0.25) is 0 Å². The number of aromatic nitrogens is 3. The fraction of sp³-hybridized carbons (Fsp3) is 0.250. The monoisotopic (exact) mass is 357 g/mol. The molecule has 1 atom stereocenters. The van der Waals surface area contributed by atoms with Gasteiger partial charge in [-0.05, 0) is 24.8 Å². The van der Waals surface area contributed by atoms with Gasteiger partial charge < -0.3 is 10.2 Å². The minimum Gasteiger partial charge on any atom is -0.357 e. The van der Waals surface area contributed by atoms with Gasteiger partial charge in [0.05, 0.1) is 0 Å². The fourth-order valence-electron chi connectivity index (χ4n) is 2.77. The summed E-state index contributed by atoms with van der Waals surface area (Å²) >= 11 is 3.13. The van der Waals surface area contributed by atoms with Gasteiger partial charge in [-0.25, -0.2) is 15.0 Å². The Balaban J connectivity index is 1.58. The van der Waals surface area contributed by atoms with Crippen LogP contribution in [0.4, 0.5) is 11.5 Å². The maximum Gasteiger partial charge on any atom is 0.249 e. The number of hydrogen-bond acceptors (Lipinski definition) is 7. The zero-order valence-corrected chi connectivity index (χ0v) is 14.6. The van der Waals surface area contributed by atoms with Crippen molar-refractivity contribution in [2.45, 2.75) is 16.8 Å². The Labute approximate surface area is 147 Å². The molecule has 3 aromatic rings. The first-order chi connectivity index (χ1) is 11.8. The molecule has 0 aliphatic carbocycles. The van der Waals surface area contributed by atoms with E-state index in [1.54, 1.807) is 23.1 Å². The molecule has 122 valence electrons. The minimum absolute atomic E-state index is 0.0718. The van der Waals surface area contributed by atoms with Crippen LogP contribution in [0.3, 0.4) is 0 Å². The summed E-state index contributed by atoms with van der Waals surface area (Å²) in [5, 5.41) is 3.29. The quantitative estimate of drug-likeness (QED) is 0.724. The molecule has 0 radical (unpaired) electrons. The van der Waals surface area contributed by atoms with Crippen LogP contribution in [0.25, 0.3) is 10.3 Å². The van der Waals surface area contributed by atoms with Gasteiger partial charge >= 0.3 is 0 Å². The number of thiazole rings is 1. The maximum atomic E-state index is 12.7. The Morgan fingerprint density at radius 2 is 2.12 bits per heavy atom. The van der Waals surface area contributed by atoms with E-state index in [0.717, 1.165) is 21.1 Å². The van der Waals surface area contributed by atoms with E-state index in [4.69, 9.17) is 0 Å². The predicted octanol–water partition coefficient (Wildman–Crippen LogP) is 3.03. The third-order valence-corrected chi connectivity index (χ3v) is 5.97. The maximum absolute atomic E-state index is 12.7. The largest absolute Gasteiger partial charge is 0.357 e. The van der Waals surface area contributed by atoms with E-state index in [0.29, 0.717) is 18.0 Å². The van der Waals surface area contributed by atoms with Gasteiger partial charge in [-0.1, -0.05) is 30.0 Å². The van der Waals surface area contributed by atoms with Crippen LogP contribution in [0.15, 0.2) is 41.0 Å². The van der Waals surface area contributed by atoms with Gasteiger partial charge in [-0.3, -0.25) is 4.79 Å². The van der Waals surface area contributed by atoms with Gasteiger partial charge in [0.15, 0.2) is 9.99 Å². The molecule has 0 saturated carbocycles. The zero-order valence-electron chi connectivity index (χ0n) is 13.0. The number of nitrogens with zero attached hydrogens (tertiary/aromatic N) is 4. The van der Waals surface area contributed by atoms with Gasteiger partial charge in [-0.2, -0.15) is 0 Å². The second-order valence-corrected chi connectivity index (χ2v) is 7.42. The molecule has 1 aliphatic heterocycles. The van der Waals surface area contributed by atoms with E-state index in [2.05, 4.69) is 20.3 Å². The van der Waals surface area contributed by atoms with Crippen LogP contribution in [0, 0.1) is 0 Å². The van der Waals surface area contributed by atoms with Crippen molar-refractivity contribution < 1.29 is 4.79 Å². The summed E-state index contributed by atoms with van der Waals surface area (Å²) in [6, 6.07) is 9.47. The standard InChI is InChI=1S/C16H15N5OS2/c1-23-16-20-14-12(24-16)13(17-9-18-14)19-11-7-8-21(15(11)22)10-5-3-2-4-6-10/h2-6,9,11H,7-8H2,1H3,(H,17,18,19). The van der Waals surface area contributed by atoms with Crippen molar-refractivity contribution in [1.29, 1.82) is 0 Å². The van der Waals surface area contributed by atoms with Crippen LogP contribution in [-0.2, 0) is 4.79 Å². The normalized spacial score (nSPS) is 17.6. The number of carbonyl (C=O) groups excluding carboxylic acids is 1. The molecular weight excluding hydrogens is 342 g/mol. The number of thioether (sulfide) groups is 1. The zero-order chi connectivity index (χ0) is 16.5. The molecule has 0 bridgehead atoms. The Hall–Kier alpha value is -2.19. The van der Waals surface area contributed by atoms with Crippen molar-refractivity contribution >= 4 is 50.9 Å². The summed E-state index contributed by atoms with van der Waals surface area (Å²) in [6.45, 7) is 0.702. The van der Waals surface area contributed by atoms with Gasteiger partial charge in [0, 0.05) is 12.2 Å². The fourth-order valence-corrected chi connectivity index (χ4v) is 4.23. The summed E-state index contributed by atoms with van der Waals surface area (Å²) < 4.78 is 1.84. The van der Waals surface area contributed by atoms with Gasteiger partial charge in [0.2, 0.25) is 5.91 Å². The number of hydrogen-bond donors (Lipinski definition) is 1. The molecule has 1 aliphatic rings. The highest BCUT2D eigenvalue weighted by Gasteiger charge is 2.33. The highest BCUT2D eigenvalue weighted by atomic mass is 32.2. The number of amides is 1. The smallest absolute Gasteiger partial charge is 0.249 e. The van der Waals surface area contributed by atoms with Gasteiger partial charge in [0.25, 0.3) is 0 Å². The molecular formula is C16H15N5OS2. The molecule has 0 spiro atoms. The molecule has 1 N–H and O–H groups in total. The first kappa shape index (κ1) is 15.3. The van der Waals surface area contributed by atoms with Crippen LogP contribution in [0.1, 0.15) is 6.42 Å². The van der Waals surface area contributed by atoms with E-state index >= 15 is 0 Å². The second-order valence-electron chi connectivity index (χ2n) is 5.37. The summed E-state index contributed by atoms with van der Waals surface area (Å²) in [5.41, 5.74) is 1.61. The van der Waals surface area contributed by atoms with E-state index in [1.807, 2.05) is 41.5 Å². The first-order valence-corrected chi connectivity index (χ1v) is 9.59. The third-order valence-electron chi connectivity index (χ3n) is 3.93. The molecule has 8 heteroatoms. The molecule has 1 saturated heterocycles. The summed E-state index contributed by atoms with van der Waals surface area (Å²) in [7, 11) is 0. The molecule has 6 nitrogen and oxygen atoms in total. The van der Waals surface area contributed by atoms with Gasteiger partial charge in [-0.15, -0.1) is 11.3 Å². The van der Waals surface area contributed by atoms with E-state index < -0.39 is 0 Å². The number of carbonyl (C=O) groups is 1. The molecule has 2 aromatic heterocycles. The molecule has 1 fully saturated rings. The second kappa shape index (κ2) is 6.37. The average molecular weight is 357 g/mol. The van der Waals surface area contributed by atoms with Crippen molar-refractivity contribution in [2.75, 3.05) is 23.0 Å². The number of anilines is 2. The Morgan fingerprint density at radius 1 is 1.29 bits per heavy atom. The van der Waals surface area contributed by atoms with Crippen LogP contribution in [0.5, 0.6) is 0 Å². The SMILES string of the molecule is CSc1nc2ncnc(NC3CCN(c4ccccc4)C3=O)c2s1. The molecule has 1 amide bonds. The lowest BCUT2D eigenvalue weighted by molar-refractivity contribution is -0.117. The van der Waals surface area contributed by atoms with Crippen molar-refractivity contribution in [3.63, 3.8) is 0 Å². The Morgan fingerprint density at radius 3 is 2.92 bits per heavy atom. The van der Waals surface area contributed by atoms with Crippen LogP contribution >= 0.6 is 23.1 Å². The molecule has 24 heavy (non-hydrogen) atoms. The lowest BCUT2D eigenvalue weighted by Crippen LogP contribution is -2.33. The van der Waals surface area contributed by atoms with E-state index in [9.17, 15) is 4.79 Å². The third kappa shape index (κ3) is 2.71. The van der Waals surface area contributed by atoms with Crippen LogP contribution < -0.4 is 10.2 Å². The summed E-state index contributed by atoms with van der Waals surface area (Å²) in [4.78, 5) is 27.5. The highest BCUT2D eigenvalue weighted by molar-refractivity contribution is 8.00. The Bertz CT molecular complexity index is 883. The Kier molecular flexibility index (Phi) is 4.07. The predicted molar refractivity (Wildman–Crippen MR) is 97.8 cm³/mol. The number of benzene rings is 1. The van der Waals surface area contributed by atoms with Crippen molar-refractivity contribution in [3.05, 3.63) is 36.7 Å². The topological polar surface area (TPSA) is 71.0 Å². The van der Waals surface area contributed by atoms with E-state index in [1.165, 1.54) is 6.33 Å². The molecule has 1 aromatic carbocycles. The molecule has 4 rings (SSSR count). The lowest BCUT2D eigenvalue weighted by Gasteiger charge is -2.17. The highest BCUT2D eigenvalue weighted by Crippen LogP contribution is 2.32. The lowest BCUT2D eigenvalue weighted by atomic mass is 10.2. The number of rotatable bonds is 4. The average Bonchev–Trinajstić information content (AvgIpc) is 3.20. The number of para-hydroxylation sites is 1. The van der Waals surface area contributed by atoms with Crippen molar-refractivity contribution in [1.82, 2.24) is 15.0 Å². The van der Waals surface area contributed by atoms with Crippen LogP contribution in [-0.4, -0.2) is 39.7 Å². The summed E-state index contributed by atoms with van der Waals surface area (Å²) in [6.07, 6.45) is 4.22. The minimum atomic E-state index is -0.275. The molecule has 3 heterocycles. The number of nitrogens with one attached hydrogen (secondary N) is 1. The van der Waals surface area contributed by atoms with Crippen molar-refractivity contribution in [3.8, 4) is 0 Å². The summed E-state index contributed by atoms with van der Waals surface area (Å²) in [5.74, 6) is 0.758. The number of fused-ring (bicyclic) bond motifs is 1. The molecule has 1 unspecified atom stereocenters. The first-order valence-electron chi connectivity index (χ1n) is 7.55. The van der Waals surface area contributed by atoms with E-state index in [-0.39, 0.29) is 11.9 Å².